The van der Waals surface area contributed by atoms with Gasteiger partial charge in [-0.1, -0.05) is 12.8 Å². The first-order valence-electron chi connectivity index (χ1n) is 5.44. The van der Waals surface area contributed by atoms with Gasteiger partial charge in [0.1, 0.15) is 19.3 Å². The summed E-state index contributed by atoms with van der Waals surface area (Å²) in [6.45, 7) is -2.32. The van der Waals surface area contributed by atoms with E-state index >= 15 is 0 Å². The van der Waals surface area contributed by atoms with Gasteiger partial charge in [0.25, 0.3) is 0 Å². The van der Waals surface area contributed by atoms with Gasteiger partial charge < -0.3 is 15.2 Å². The molecule has 1 atom stereocenters. The summed E-state index contributed by atoms with van der Waals surface area (Å²) < 4.78 is 39.3. The zero-order valence-electron chi connectivity index (χ0n) is 9.50. The van der Waals surface area contributed by atoms with E-state index in [9.17, 15) is 22.8 Å². The second-order valence-electron chi connectivity index (χ2n) is 4.25. The molecule has 1 aliphatic carbocycles. The van der Waals surface area contributed by atoms with Gasteiger partial charge in [-0.15, -0.1) is 0 Å². The molecule has 1 aliphatic rings. The minimum atomic E-state index is -4.50. The number of carboxylic acid groups (broad SMARTS) is 1. The van der Waals surface area contributed by atoms with E-state index in [0.29, 0.717) is 6.42 Å². The van der Waals surface area contributed by atoms with Gasteiger partial charge in [-0.25, -0.2) is 4.79 Å². The molecule has 0 saturated heterocycles. The Labute approximate surface area is 101 Å². The number of halogens is 3. The lowest BCUT2D eigenvalue weighted by Crippen LogP contribution is -2.43. The molecule has 104 valence electrons. The molecular weight excluding hydrogens is 255 g/mol. The Morgan fingerprint density at radius 1 is 1.39 bits per heavy atom. The van der Waals surface area contributed by atoms with Crippen molar-refractivity contribution in [3.05, 3.63) is 0 Å². The topological polar surface area (TPSA) is 75.6 Å². The summed E-state index contributed by atoms with van der Waals surface area (Å²) in [6.07, 6.45) is -2.35. The van der Waals surface area contributed by atoms with E-state index in [1.165, 1.54) is 0 Å². The Balaban J connectivity index is 2.25. The third kappa shape index (κ3) is 6.43. The summed E-state index contributed by atoms with van der Waals surface area (Å²) in [5.74, 6) is -1.76. The molecule has 1 unspecified atom stereocenters. The SMILES string of the molecule is O=C(COCC(F)(F)F)NC(CC1CC1)C(=O)O. The average Bonchev–Trinajstić information content (AvgIpc) is 2.98. The third-order valence-electron chi connectivity index (χ3n) is 2.40. The van der Waals surface area contributed by atoms with Gasteiger partial charge in [-0.2, -0.15) is 13.2 Å². The zero-order valence-corrected chi connectivity index (χ0v) is 9.50. The van der Waals surface area contributed by atoms with E-state index in [1.807, 2.05) is 0 Å². The number of hydrogen-bond acceptors (Lipinski definition) is 3. The van der Waals surface area contributed by atoms with Crippen LogP contribution in [0.2, 0.25) is 0 Å². The smallest absolute Gasteiger partial charge is 0.411 e. The number of alkyl halides is 3. The van der Waals surface area contributed by atoms with Crippen molar-refractivity contribution < 1.29 is 32.6 Å². The predicted molar refractivity (Wildman–Crippen MR) is 53.8 cm³/mol. The Bertz CT molecular complexity index is 315. The van der Waals surface area contributed by atoms with Gasteiger partial charge in [0, 0.05) is 0 Å². The van der Waals surface area contributed by atoms with E-state index in [-0.39, 0.29) is 5.92 Å². The van der Waals surface area contributed by atoms with E-state index in [1.54, 1.807) is 0 Å². The maximum Gasteiger partial charge on any atom is 0.411 e. The first-order valence-corrected chi connectivity index (χ1v) is 5.44. The number of nitrogens with one attached hydrogen (secondary N) is 1. The Hall–Kier alpha value is -1.31. The van der Waals surface area contributed by atoms with Crippen molar-refractivity contribution in [3.63, 3.8) is 0 Å². The molecule has 0 spiro atoms. The van der Waals surface area contributed by atoms with Crippen molar-refractivity contribution in [3.8, 4) is 0 Å². The minimum absolute atomic E-state index is 0.280. The number of carboxylic acids is 1. The molecule has 0 aliphatic heterocycles. The summed E-state index contributed by atoms with van der Waals surface area (Å²) in [5.41, 5.74) is 0. The average molecular weight is 269 g/mol. The van der Waals surface area contributed by atoms with Crippen LogP contribution in [0, 0.1) is 5.92 Å². The fourth-order valence-corrected chi connectivity index (χ4v) is 1.40. The molecular formula is C10H14F3NO4. The van der Waals surface area contributed by atoms with Crippen molar-refractivity contribution in [2.24, 2.45) is 5.92 Å². The highest BCUT2D eigenvalue weighted by Crippen LogP contribution is 2.33. The fraction of sp³-hybridized carbons (Fsp3) is 0.800. The fourth-order valence-electron chi connectivity index (χ4n) is 1.40. The lowest BCUT2D eigenvalue weighted by Gasteiger charge is -2.14. The number of amides is 1. The van der Waals surface area contributed by atoms with Crippen LogP contribution >= 0.6 is 0 Å². The second kappa shape index (κ2) is 6.03. The van der Waals surface area contributed by atoms with Crippen LogP contribution in [0.15, 0.2) is 0 Å². The molecule has 1 fully saturated rings. The van der Waals surface area contributed by atoms with Gasteiger partial charge in [0.2, 0.25) is 5.91 Å². The summed E-state index contributed by atoms with van der Waals surface area (Å²) in [6, 6.07) is -1.06. The summed E-state index contributed by atoms with van der Waals surface area (Å²) >= 11 is 0. The van der Waals surface area contributed by atoms with Crippen molar-refractivity contribution >= 4 is 11.9 Å². The molecule has 8 heteroatoms. The molecule has 0 heterocycles. The van der Waals surface area contributed by atoms with Crippen LogP contribution in [-0.4, -0.2) is 42.4 Å². The molecule has 1 amide bonds. The predicted octanol–water partition coefficient (Wildman–Crippen LogP) is 0.935. The molecule has 0 aromatic heterocycles. The van der Waals surface area contributed by atoms with Gasteiger partial charge >= 0.3 is 12.1 Å². The number of hydrogen-bond donors (Lipinski definition) is 2. The van der Waals surface area contributed by atoms with Gasteiger partial charge in [-0.05, 0) is 12.3 Å². The monoisotopic (exact) mass is 269 g/mol. The molecule has 5 nitrogen and oxygen atoms in total. The van der Waals surface area contributed by atoms with E-state index < -0.39 is 37.3 Å². The number of aliphatic carboxylic acids is 1. The molecule has 0 aromatic rings. The maximum absolute atomic E-state index is 11.7. The van der Waals surface area contributed by atoms with Crippen LogP contribution in [0.3, 0.4) is 0 Å². The van der Waals surface area contributed by atoms with Crippen LogP contribution in [0.4, 0.5) is 13.2 Å². The van der Waals surface area contributed by atoms with Crippen molar-refractivity contribution in [1.82, 2.24) is 5.32 Å². The number of rotatable bonds is 7. The van der Waals surface area contributed by atoms with Crippen LogP contribution in [0.25, 0.3) is 0 Å². The highest BCUT2D eigenvalue weighted by Gasteiger charge is 2.31. The number of carbonyl (C=O) groups is 2. The van der Waals surface area contributed by atoms with Crippen LogP contribution < -0.4 is 5.32 Å². The lowest BCUT2D eigenvalue weighted by molar-refractivity contribution is -0.176. The number of ether oxygens (including phenoxy) is 1. The standard InChI is InChI=1S/C10H14F3NO4/c11-10(12,13)5-18-4-8(15)14-7(9(16)17)3-6-1-2-6/h6-7H,1-5H2,(H,14,15)(H,16,17). The summed E-state index contributed by atoms with van der Waals surface area (Å²) in [4.78, 5) is 22.0. The van der Waals surface area contributed by atoms with Crippen molar-refractivity contribution in [1.29, 1.82) is 0 Å². The van der Waals surface area contributed by atoms with Crippen LogP contribution in [-0.2, 0) is 14.3 Å². The Morgan fingerprint density at radius 3 is 2.44 bits per heavy atom. The molecule has 0 aromatic carbocycles. The molecule has 0 bridgehead atoms. The minimum Gasteiger partial charge on any atom is -0.480 e. The largest absolute Gasteiger partial charge is 0.480 e. The van der Waals surface area contributed by atoms with Crippen LogP contribution in [0.1, 0.15) is 19.3 Å². The molecule has 1 saturated carbocycles. The molecule has 2 N–H and O–H groups in total. The molecule has 1 rings (SSSR count). The molecule has 18 heavy (non-hydrogen) atoms. The van der Waals surface area contributed by atoms with E-state index in [2.05, 4.69) is 10.1 Å². The van der Waals surface area contributed by atoms with E-state index in [4.69, 9.17) is 5.11 Å². The number of carbonyl (C=O) groups excluding carboxylic acids is 1. The summed E-state index contributed by atoms with van der Waals surface area (Å²) in [5, 5.41) is 11.0. The zero-order chi connectivity index (χ0) is 13.8. The first-order chi connectivity index (χ1) is 8.28. The third-order valence-corrected chi connectivity index (χ3v) is 2.40. The van der Waals surface area contributed by atoms with Gasteiger partial charge in [0.05, 0.1) is 0 Å². The van der Waals surface area contributed by atoms with Gasteiger partial charge in [0.15, 0.2) is 0 Å². The maximum atomic E-state index is 11.7. The highest BCUT2D eigenvalue weighted by atomic mass is 19.4. The molecule has 0 radical (unpaired) electrons. The quantitative estimate of drug-likeness (QED) is 0.721. The van der Waals surface area contributed by atoms with Crippen molar-refractivity contribution in [2.45, 2.75) is 31.5 Å². The second-order valence-corrected chi connectivity index (χ2v) is 4.25. The van der Waals surface area contributed by atoms with Crippen LogP contribution in [0.5, 0.6) is 0 Å². The van der Waals surface area contributed by atoms with Crippen molar-refractivity contribution in [2.75, 3.05) is 13.2 Å². The van der Waals surface area contributed by atoms with Gasteiger partial charge in [-0.3, -0.25) is 4.79 Å². The normalized spacial score (nSPS) is 17.3. The lowest BCUT2D eigenvalue weighted by atomic mass is 10.1. The highest BCUT2D eigenvalue weighted by molar-refractivity contribution is 5.84. The Kier molecular flexibility index (Phi) is 4.94. The Morgan fingerprint density at radius 2 is 2.00 bits per heavy atom. The first kappa shape index (κ1) is 14.7. The van der Waals surface area contributed by atoms with E-state index in [0.717, 1.165) is 12.8 Å². The summed E-state index contributed by atoms with van der Waals surface area (Å²) in [7, 11) is 0.